The van der Waals surface area contributed by atoms with Crippen molar-refractivity contribution < 1.29 is 17.2 Å². The van der Waals surface area contributed by atoms with E-state index in [4.69, 9.17) is 11.6 Å². The van der Waals surface area contributed by atoms with Crippen LogP contribution < -0.4 is 0 Å². The zero-order valence-corrected chi connectivity index (χ0v) is 15.1. The lowest BCUT2D eigenvalue weighted by molar-refractivity contribution is 0.599. The summed E-state index contributed by atoms with van der Waals surface area (Å²) in [7, 11) is -3.47. The van der Waals surface area contributed by atoms with Crippen molar-refractivity contribution in [1.82, 2.24) is 9.97 Å². The van der Waals surface area contributed by atoms with E-state index in [1.54, 1.807) is 18.2 Å². The number of imidazole rings is 1. The minimum atomic E-state index is -3.47. The van der Waals surface area contributed by atoms with Crippen molar-refractivity contribution >= 4 is 33.1 Å². The van der Waals surface area contributed by atoms with Crippen molar-refractivity contribution in [3.8, 4) is 0 Å². The van der Waals surface area contributed by atoms with E-state index in [9.17, 15) is 17.2 Å². The first-order valence-electron chi connectivity index (χ1n) is 7.42. The van der Waals surface area contributed by atoms with Gasteiger partial charge < -0.3 is 4.98 Å². The number of H-pyrrole nitrogens is 1. The fourth-order valence-corrected chi connectivity index (χ4v) is 3.01. The molecule has 1 aromatic heterocycles. The van der Waals surface area contributed by atoms with Gasteiger partial charge in [-0.25, -0.2) is 22.2 Å². The second-order valence-electron chi connectivity index (χ2n) is 5.61. The molecule has 4 nitrogen and oxygen atoms in total. The zero-order valence-electron chi connectivity index (χ0n) is 13.5. The van der Waals surface area contributed by atoms with E-state index in [2.05, 4.69) is 9.97 Å². The topological polar surface area (TPSA) is 62.8 Å². The molecule has 8 heteroatoms. The maximum Gasteiger partial charge on any atom is 0.192 e. The Morgan fingerprint density at radius 1 is 1.15 bits per heavy atom. The van der Waals surface area contributed by atoms with Crippen LogP contribution in [0.4, 0.5) is 8.78 Å². The van der Waals surface area contributed by atoms with E-state index in [0.29, 0.717) is 16.7 Å². The molecule has 1 heterocycles. The Balaban J connectivity index is 2.17. The number of nitrogens with zero attached hydrogens (tertiary/aromatic N) is 1. The number of hydrogen-bond acceptors (Lipinski definition) is 3. The molecule has 0 aliphatic rings. The second-order valence-corrected chi connectivity index (χ2v) is 8.00. The minimum Gasteiger partial charge on any atom is -0.329 e. The average molecular weight is 395 g/mol. The van der Waals surface area contributed by atoms with Gasteiger partial charge in [-0.2, -0.15) is 0 Å². The van der Waals surface area contributed by atoms with Gasteiger partial charge in [-0.15, -0.1) is 0 Å². The monoisotopic (exact) mass is 394 g/mol. The van der Waals surface area contributed by atoms with Crippen LogP contribution in [0.2, 0.25) is 5.02 Å². The van der Waals surface area contributed by atoms with Crippen molar-refractivity contribution in [2.24, 2.45) is 0 Å². The van der Waals surface area contributed by atoms with Gasteiger partial charge in [0.05, 0.1) is 11.2 Å². The summed E-state index contributed by atoms with van der Waals surface area (Å²) >= 11 is 5.87. The van der Waals surface area contributed by atoms with Crippen LogP contribution in [0.15, 0.2) is 53.7 Å². The average Bonchev–Trinajstić information content (AvgIpc) is 3.07. The molecule has 0 bridgehead atoms. The highest BCUT2D eigenvalue weighted by atomic mass is 35.5. The summed E-state index contributed by atoms with van der Waals surface area (Å²) < 4.78 is 50.0. The molecule has 0 fully saturated rings. The van der Waals surface area contributed by atoms with Crippen LogP contribution in [0.25, 0.3) is 11.6 Å². The summed E-state index contributed by atoms with van der Waals surface area (Å²) in [5.41, 5.74) is 1.66. The van der Waals surface area contributed by atoms with Crippen LogP contribution in [0.5, 0.6) is 0 Å². The molecule has 0 aliphatic carbocycles. The van der Waals surface area contributed by atoms with Crippen molar-refractivity contribution in [3.63, 3.8) is 0 Å². The molecule has 2 aromatic carbocycles. The number of halogens is 3. The first-order valence-corrected chi connectivity index (χ1v) is 9.69. The summed E-state index contributed by atoms with van der Waals surface area (Å²) in [6.45, 7) is 0. The van der Waals surface area contributed by atoms with Crippen LogP contribution in [0.3, 0.4) is 0 Å². The Hall–Kier alpha value is -2.51. The third-order valence-corrected chi connectivity index (χ3v) is 4.91. The third kappa shape index (κ3) is 4.00. The Morgan fingerprint density at radius 2 is 1.85 bits per heavy atom. The van der Waals surface area contributed by atoms with Gasteiger partial charge in [-0.1, -0.05) is 29.8 Å². The SMILES string of the molecule is CS(=O)(=O)c1cnc(/C(=C/c2ccc(F)cc2)c2ccc(F)c(Cl)c2)[nH]1. The third-order valence-electron chi connectivity index (χ3n) is 3.62. The normalized spacial score (nSPS) is 12.4. The molecule has 1 N–H and O–H groups in total. The smallest absolute Gasteiger partial charge is 0.192 e. The number of hydrogen-bond donors (Lipinski definition) is 1. The van der Waals surface area contributed by atoms with Crippen LogP contribution in [-0.4, -0.2) is 24.6 Å². The van der Waals surface area contributed by atoms with Gasteiger partial charge in [0.25, 0.3) is 0 Å². The highest BCUT2D eigenvalue weighted by Gasteiger charge is 2.16. The molecule has 0 atom stereocenters. The zero-order chi connectivity index (χ0) is 18.9. The highest BCUT2D eigenvalue weighted by molar-refractivity contribution is 7.90. The largest absolute Gasteiger partial charge is 0.329 e. The number of aromatic amines is 1. The molecule has 3 aromatic rings. The lowest BCUT2D eigenvalue weighted by Gasteiger charge is -2.07. The lowest BCUT2D eigenvalue weighted by Crippen LogP contribution is -1.98. The predicted octanol–water partition coefficient (Wildman–Crippen LogP) is 4.33. The number of nitrogens with one attached hydrogen (secondary N) is 1. The second kappa shape index (κ2) is 7.01. The van der Waals surface area contributed by atoms with Crippen LogP contribution in [-0.2, 0) is 9.84 Å². The van der Waals surface area contributed by atoms with E-state index < -0.39 is 15.7 Å². The number of rotatable bonds is 4. The van der Waals surface area contributed by atoms with E-state index in [0.717, 1.165) is 6.26 Å². The van der Waals surface area contributed by atoms with Crippen LogP contribution in [0, 0.1) is 11.6 Å². The Bertz CT molecular complexity index is 1090. The van der Waals surface area contributed by atoms with Gasteiger partial charge in [0.15, 0.2) is 14.9 Å². The highest BCUT2D eigenvalue weighted by Crippen LogP contribution is 2.28. The molecule has 26 heavy (non-hydrogen) atoms. The number of sulfone groups is 1. The van der Waals surface area contributed by atoms with Crippen molar-refractivity contribution in [3.05, 3.63) is 82.3 Å². The molecule has 0 saturated heterocycles. The van der Waals surface area contributed by atoms with Gasteiger partial charge in [0.2, 0.25) is 0 Å². The minimum absolute atomic E-state index is 0.0503. The fourth-order valence-electron chi connectivity index (χ4n) is 2.31. The van der Waals surface area contributed by atoms with Crippen LogP contribution in [0.1, 0.15) is 17.0 Å². The molecule has 0 amide bonds. The quantitative estimate of drug-likeness (QED) is 0.670. The van der Waals surface area contributed by atoms with E-state index >= 15 is 0 Å². The van der Waals surface area contributed by atoms with Gasteiger partial charge in [-0.3, -0.25) is 0 Å². The molecule has 0 aliphatic heterocycles. The Kier molecular flexibility index (Phi) is 4.93. The summed E-state index contributed by atoms with van der Waals surface area (Å²) in [5, 5.41) is -0.131. The maximum absolute atomic E-state index is 13.5. The molecular formula is C18H13ClF2N2O2S. The maximum atomic E-state index is 13.5. The van der Waals surface area contributed by atoms with Gasteiger partial charge in [0.1, 0.15) is 17.5 Å². The summed E-state index contributed by atoms with van der Waals surface area (Å²) in [6.07, 6.45) is 3.94. The van der Waals surface area contributed by atoms with Crippen LogP contribution >= 0.6 is 11.6 Å². The van der Waals surface area contributed by atoms with Crippen molar-refractivity contribution in [2.75, 3.05) is 6.26 Å². The molecule has 0 unspecified atom stereocenters. The molecule has 134 valence electrons. The predicted molar refractivity (Wildman–Crippen MR) is 96.5 cm³/mol. The Labute approximate surface area is 154 Å². The summed E-state index contributed by atoms with van der Waals surface area (Å²) in [6, 6.07) is 9.82. The van der Waals surface area contributed by atoms with Crippen molar-refractivity contribution in [2.45, 2.75) is 5.03 Å². The van der Waals surface area contributed by atoms with Crippen molar-refractivity contribution in [1.29, 1.82) is 0 Å². The molecule has 0 radical (unpaired) electrons. The molecule has 0 spiro atoms. The summed E-state index contributed by atoms with van der Waals surface area (Å²) in [4.78, 5) is 6.85. The number of aromatic nitrogens is 2. The first kappa shape index (κ1) is 18.3. The van der Waals surface area contributed by atoms with E-state index in [-0.39, 0.29) is 21.7 Å². The lowest BCUT2D eigenvalue weighted by atomic mass is 10.0. The first-order chi connectivity index (χ1) is 12.2. The van der Waals surface area contributed by atoms with Gasteiger partial charge >= 0.3 is 0 Å². The number of benzene rings is 2. The van der Waals surface area contributed by atoms with E-state index in [1.807, 2.05) is 0 Å². The molecule has 3 rings (SSSR count). The molecular weight excluding hydrogens is 382 g/mol. The van der Waals surface area contributed by atoms with E-state index in [1.165, 1.54) is 36.5 Å². The Morgan fingerprint density at radius 3 is 2.42 bits per heavy atom. The fraction of sp³-hybridized carbons (Fsp3) is 0.0556. The standard InChI is InChI=1S/C18H13ClF2N2O2S/c1-26(24,25)17-10-22-18(23-17)14(8-11-2-5-13(20)6-3-11)12-4-7-16(21)15(19)9-12/h2-10H,1H3,(H,22,23)/b14-8+. The van der Waals surface area contributed by atoms with Gasteiger partial charge in [-0.05, 0) is 41.5 Å². The summed E-state index contributed by atoms with van der Waals surface area (Å²) in [5.74, 6) is -0.698. The van der Waals surface area contributed by atoms with Gasteiger partial charge in [0, 0.05) is 11.8 Å². The molecule has 0 saturated carbocycles.